The number of rotatable bonds is 6. The lowest BCUT2D eigenvalue weighted by molar-refractivity contribution is 0.229. The number of likely N-dealkylation sites (tertiary alicyclic amines) is 1. The summed E-state index contributed by atoms with van der Waals surface area (Å²) < 4.78 is 19.0. The molecule has 0 saturated carbocycles. The Kier molecular flexibility index (Phi) is 4.83. The predicted molar refractivity (Wildman–Crippen MR) is 81.0 cm³/mol. The van der Waals surface area contributed by atoms with E-state index in [9.17, 15) is 4.39 Å². The molecule has 2 aromatic rings. The van der Waals surface area contributed by atoms with Crippen LogP contribution in [0.15, 0.2) is 28.1 Å². The molecule has 2 aromatic heterocycles. The lowest BCUT2D eigenvalue weighted by atomic mass is 10.2. The van der Waals surface area contributed by atoms with Crippen LogP contribution in [0.25, 0.3) is 0 Å². The molecule has 5 nitrogen and oxygen atoms in total. The number of alkyl halides is 1. The molecule has 116 valence electrons. The fraction of sp³-hybridized carbons (Fsp3) is 0.467. The third-order valence-corrected chi connectivity index (χ3v) is 4.51. The zero-order chi connectivity index (χ0) is 15.4. The summed E-state index contributed by atoms with van der Waals surface area (Å²) in [6, 6.07) is 5.55. The van der Waals surface area contributed by atoms with Crippen molar-refractivity contribution >= 4 is 11.3 Å². The largest absolute Gasteiger partial charge is 0.449 e. The van der Waals surface area contributed by atoms with Crippen molar-refractivity contribution in [3.8, 4) is 6.07 Å². The maximum atomic E-state index is 13.7. The van der Waals surface area contributed by atoms with Gasteiger partial charge in [0.15, 0.2) is 0 Å². The molecule has 7 heteroatoms. The van der Waals surface area contributed by atoms with E-state index in [0.29, 0.717) is 38.4 Å². The zero-order valence-electron chi connectivity index (χ0n) is 12.0. The molecule has 1 N–H and O–H groups in total. The summed E-state index contributed by atoms with van der Waals surface area (Å²) in [5, 5.41) is 15.0. The van der Waals surface area contributed by atoms with Crippen LogP contribution in [0.5, 0.6) is 0 Å². The van der Waals surface area contributed by atoms with E-state index >= 15 is 0 Å². The smallest absolute Gasteiger partial charge is 0.203 e. The van der Waals surface area contributed by atoms with Gasteiger partial charge in [0.2, 0.25) is 5.76 Å². The van der Waals surface area contributed by atoms with Crippen LogP contribution in [0, 0.1) is 11.3 Å². The van der Waals surface area contributed by atoms with E-state index in [0.717, 1.165) is 10.8 Å². The third kappa shape index (κ3) is 3.71. The van der Waals surface area contributed by atoms with E-state index in [-0.39, 0.29) is 6.04 Å². The highest BCUT2D eigenvalue weighted by molar-refractivity contribution is 7.09. The lowest BCUT2D eigenvalue weighted by Gasteiger charge is -2.23. The van der Waals surface area contributed by atoms with Crippen molar-refractivity contribution in [2.24, 2.45) is 0 Å². The van der Waals surface area contributed by atoms with Crippen LogP contribution in [-0.4, -0.2) is 35.2 Å². The van der Waals surface area contributed by atoms with Gasteiger partial charge in [-0.15, -0.1) is 11.3 Å². The molecule has 1 fully saturated rings. The second kappa shape index (κ2) is 7.01. The summed E-state index contributed by atoms with van der Waals surface area (Å²) in [6.45, 7) is 2.39. The number of hydrogen-bond donors (Lipinski definition) is 1. The quantitative estimate of drug-likeness (QED) is 0.885. The molecule has 0 aliphatic carbocycles. The van der Waals surface area contributed by atoms with E-state index < -0.39 is 6.17 Å². The molecule has 0 amide bonds. The van der Waals surface area contributed by atoms with Crippen LogP contribution in [0.2, 0.25) is 0 Å². The van der Waals surface area contributed by atoms with Gasteiger partial charge in [0, 0.05) is 30.7 Å². The van der Waals surface area contributed by atoms with Crippen LogP contribution in [0.1, 0.15) is 22.9 Å². The molecule has 2 atom stereocenters. The molecule has 22 heavy (non-hydrogen) atoms. The highest BCUT2D eigenvalue weighted by Crippen LogP contribution is 2.23. The number of thiazole rings is 1. The normalized spacial score (nSPS) is 22.0. The molecule has 0 aromatic carbocycles. The number of halogens is 1. The monoisotopic (exact) mass is 320 g/mol. The second-order valence-corrected chi connectivity index (χ2v) is 6.33. The summed E-state index contributed by atoms with van der Waals surface area (Å²) in [7, 11) is 0. The van der Waals surface area contributed by atoms with Crippen LogP contribution in [0.3, 0.4) is 0 Å². The van der Waals surface area contributed by atoms with E-state index in [2.05, 4.69) is 15.2 Å². The number of nitrogens with zero attached hydrogens (tertiary/aromatic N) is 3. The summed E-state index contributed by atoms with van der Waals surface area (Å²) in [5.74, 6) is 1.03. The topological polar surface area (TPSA) is 65.1 Å². The van der Waals surface area contributed by atoms with Gasteiger partial charge in [-0.2, -0.15) is 5.26 Å². The molecular formula is C15H17FN4OS. The Hall–Kier alpha value is -1.75. The zero-order valence-corrected chi connectivity index (χ0v) is 12.9. The number of aromatic nitrogens is 1. The van der Waals surface area contributed by atoms with Crippen molar-refractivity contribution in [1.82, 2.24) is 15.2 Å². The Labute approximate surface area is 132 Å². The maximum absolute atomic E-state index is 13.7. The molecule has 0 spiro atoms. The molecule has 1 aliphatic heterocycles. The third-order valence-electron chi connectivity index (χ3n) is 3.75. The number of hydrogen-bond acceptors (Lipinski definition) is 6. The van der Waals surface area contributed by atoms with E-state index in [4.69, 9.17) is 9.68 Å². The first kappa shape index (κ1) is 15.2. The minimum absolute atomic E-state index is 0.157. The summed E-state index contributed by atoms with van der Waals surface area (Å²) in [4.78, 5) is 6.41. The van der Waals surface area contributed by atoms with Crippen molar-refractivity contribution in [3.63, 3.8) is 0 Å². The van der Waals surface area contributed by atoms with Gasteiger partial charge in [-0.3, -0.25) is 4.90 Å². The van der Waals surface area contributed by atoms with E-state index in [1.165, 1.54) is 0 Å². The maximum Gasteiger partial charge on any atom is 0.203 e. The standard InChI is InChI=1S/C15H17FN4OS/c16-11-5-12(20(9-11)10-15-19-3-4-22-15)7-18-8-14-2-1-13(6-17)21-14/h1-4,11-12,18H,5,7-10H2/t11-,12-/m0/s1. The Morgan fingerprint density at radius 3 is 3.18 bits per heavy atom. The van der Waals surface area contributed by atoms with Gasteiger partial charge < -0.3 is 9.73 Å². The molecule has 3 heterocycles. The summed E-state index contributed by atoms with van der Waals surface area (Å²) >= 11 is 1.60. The molecular weight excluding hydrogens is 303 g/mol. The first-order valence-corrected chi connectivity index (χ1v) is 8.08. The molecule has 0 radical (unpaired) electrons. The van der Waals surface area contributed by atoms with Gasteiger partial charge in [-0.1, -0.05) is 0 Å². The molecule has 0 bridgehead atoms. The highest BCUT2D eigenvalue weighted by atomic mass is 32.1. The molecule has 3 rings (SSSR count). The van der Waals surface area contributed by atoms with Crippen molar-refractivity contribution in [1.29, 1.82) is 5.26 Å². The SMILES string of the molecule is N#Cc1ccc(CNC[C@@H]2C[C@H](F)CN2Cc2nccs2)o1. The fourth-order valence-corrected chi connectivity index (χ4v) is 3.37. The first-order chi connectivity index (χ1) is 10.7. The highest BCUT2D eigenvalue weighted by Gasteiger charge is 2.32. The van der Waals surface area contributed by atoms with Gasteiger partial charge in [-0.25, -0.2) is 9.37 Å². The van der Waals surface area contributed by atoms with Crippen molar-refractivity contribution in [2.45, 2.75) is 31.7 Å². The summed E-state index contributed by atoms with van der Waals surface area (Å²) in [6.07, 6.45) is 1.54. The molecule has 1 aliphatic rings. The van der Waals surface area contributed by atoms with E-state index in [1.807, 2.05) is 11.4 Å². The second-order valence-electron chi connectivity index (χ2n) is 5.35. The average molecular weight is 320 g/mol. The van der Waals surface area contributed by atoms with Crippen LogP contribution in [0.4, 0.5) is 4.39 Å². The Bertz CT molecular complexity index is 636. The Morgan fingerprint density at radius 2 is 2.45 bits per heavy atom. The number of nitriles is 1. The lowest BCUT2D eigenvalue weighted by Crippen LogP contribution is -2.37. The van der Waals surface area contributed by atoms with Gasteiger partial charge in [0.1, 0.15) is 23.0 Å². The summed E-state index contributed by atoms with van der Waals surface area (Å²) in [5.41, 5.74) is 0. The number of furan rings is 1. The van der Waals surface area contributed by atoms with Crippen molar-refractivity contribution in [3.05, 3.63) is 40.2 Å². The molecule has 1 saturated heterocycles. The van der Waals surface area contributed by atoms with Crippen LogP contribution >= 0.6 is 11.3 Å². The molecule has 0 unspecified atom stereocenters. The fourth-order valence-electron chi connectivity index (χ4n) is 2.73. The average Bonchev–Trinajstić information content (AvgIpc) is 3.22. The van der Waals surface area contributed by atoms with Crippen molar-refractivity contribution in [2.75, 3.05) is 13.1 Å². The number of nitrogens with one attached hydrogen (secondary N) is 1. The van der Waals surface area contributed by atoms with Crippen LogP contribution < -0.4 is 5.32 Å². The first-order valence-electron chi connectivity index (χ1n) is 7.20. The Morgan fingerprint density at radius 1 is 1.55 bits per heavy atom. The van der Waals surface area contributed by atoms with Crippen molar-refractivity contribution < 1.29 is 8.81 Å². The van der Waals surface area contributed by atoms with Crippen LogP contribution in [-0.2, 0) is 13.1 Å². The Balaban J connectivity index is 1.50. The predicted octanol–water partition coefficient (Wildman–Crippen LogP) is 2.31. The minimum atomic E-state index is -0.777. The van der Waals surface area contributed by atoms with Gasteiger partial charge in [0.25, 0.3) is 0 Å². The minimum Gasteiger partial charge on any atom is -0.449 e. The van der Waals surface area contributed by atoms with E-state index in [1.54, 1.807) is 29.7 Å². The van der Waals surface area contributed by atoms with Gasteiger partial charge >= 0.3 is 0 Å². The van der Waals surface area contributed by atoms with Gasteiger partial charge in [-0.05, 0) is 18.6 Å². The van der Waals surface area contributed by atoms with Gasteiger partial charge in [0.05, 0.1) is 13.1 Å².